The van der Waals surface area contributed by atoms with Crippen molar-refractivity contribution in [2.75, 3.05) is 12.4 Å². The zero-order valence-electron chi connectivity index (χ0n) is 13.1. The summed E-state index contributed by atoms with van der Waals surface area (Å²) in [6.07, 6.45) is 0. The predicted octanol–water partition coefficient (Wildman–Crippen LogP) is 4.48. The normalized spacial score (nSPS) is 10.2. The van der Waals surface area contributed by atoms with Crippen molar-refractivity contribution in [2.24, 2.45) is 0 Å². The zero-order valence-corrected chi connectivity index (χ0v) is 16.2. The van der Waals surface area contributed by atoms with Gasteiger partial charge in [-0.2, -0.15) is 0 Å². The molecule has 0 saturated heterocycles. The Morgan fingerprint density at radius 3 is 2.38 bits per heavy atom. The van der Waals surface area contributed by atoms with Gasteiger partial charge in [0.2, 0.25) is 0 Å². The average Bonchev–Trinajstić information content (AvgIpc) is 2.55. The molecule has 0 heterocycles. The molecule has 0 fully saturated rings. The molecule has 1 amide bonds. The van der Waals surface area contributed by atoms with Gasteiger partial charge in [0.05, 0.1) is 28.3 Å². The summed E-state index contributed by atoms with van der Waals surface area (Å²) in [6.45, 7) is 0. The van der Waals surface area contributed by atoms with E-state index in [1.807, 2.05) is 0 Å². The quantitative estimate of drug-likeness (QED) is 0.616. The largest absolute Gasteiger partial charge is 0.494 e. The summed E-state index contributed by atoms with van der Waals surface area (Å²) in [7, 11) is 1.36. The van der Waals surface area contributed by atoms with Gasteiger partial charge in [0.15, 0.2) is 5.11 Å². The van der Waals surface area contributed by atoms with Gasteiger partial charge in [-0.25, -0.2) is 4.79 Å². The van der Waals surface area contributed by atoms with Crippen molar-refractivity contribution in [3.63, 3.8) is 0 Å². The second kappa shape index (κ2) is 8.55. The number of carbonyl (C=O) groups excluding carboxylic acids is 1. The maximum absolute atomic E-state index is 12.4. The van der Waals surface area contributed by atoms with E-state index in [2.05, 4.69) is 10.6 Å². The van der Waals surface area contributed by atoms with Gasteiger partial charge < -0.3 is 15.2 Å². The molecule has 6 nitrogen and oxygen atoms in total. The van der Waals surface area contributed by atoms with Crippen LogP contribution in [-0.2, 0) is 0 Å². The number of hydrogen-bond acceptors (Lipinski definition) is 4. The van der Waals surface area contributed by atoms with Crippen molar-refractivity contribution >= 4 is 69.7 Å². The number of ether oxygens (including phenoxy) is 1. The van der Waals surface area contributed by atoms with E-state index in [1.54, 1.807) is 0 Å². The van der Waals surface area contributed by atoms with E-state index in [0.29, 0.717) is 5.69 Å². The molecule has 136 valence electrons. The maximum Gasteiger partial charge on any atom is 0.337 e. The van der Waals surface area contributed by atoms with Gasteiger partial charge in [0.25, 0.3) is 5.91 Å². The van der Waals surface area contributed by atoms with Crippen molar-refractivity contribution in [3.05, 3.63) is 56.5 Å². The second-order valence-corrected chi connectivity index (χ2v) is 6.54. The number of benzene rings is 2. The Hall–Kier alpha value is -2.06. The van der Waals surface area contributed by atoms with E-state index < -0.39 is 11.9 Å². The number of carboxylic acid groups (broad SMARTS) is 1. The summed E-state index contributed by atoms with van der Waals surface area (Å²) in [4.78, 5) is 23.5. The van der Waals surface area contributed by atoms with Crippen LogP contribution >= 0.6 is 47.0 Å². The van der Waals surface area contributed by atoms with Crippen LogP contribution in [0.15, 0.2) is 30.3 Å². The minimum atomic E-state index is -1.19. The third-order valence-corrected chi connectivity index (χ3v) is 4.17. The van der Waals surface area contributed by atoms with Crippen LogP contribution in [0.25, 0.3) is 0 Å². The average molecular weight is 434 g/mol. The van der Waals surface area contributed by atoms with Gasteiger partial charge in [-0.05, 0) is 42.5 Å². The maximum atomic E-state index is 12.4. The third-order valence-electron chi connectivity index (χ3n) is 3.14. The molecule has 0 unspecified atom stereocenters. The lowest BCUT2D eigenvalue weighted by atomic mass is 10.2. The smallest absolute Gasteiger partial charge is 0.337 e. The highest BCUT2D eigenvalue weighted by molar-refractivity contribution is 7.80. The summed E-state index contributed by atoms with van der Waals surface area (Å²) < 4.78 is 5.11. The summed E-state index contributed by atoms with van der Waals surface area (Å²) in [6, 6.07) is 7.03. The number of methoxy groups -OCH3 is 1. The first-order valence-corrected chi connectivity index (χ1v) is 8.45. The van der Waals surface area contributed by atoms with E-state index in [1.165, 1.54) is 37.4 Å². The molecule has 26 heavy (non-hydrogen) atoms. The number of carboxylic acids is 1. The molecule has 0 aliphatic rings. The van der Waals surface area contributed by atoms with E-state index in [9.17, 15) is 9.59 Å². The van der Waals surface area contributed by atoms with E-state index >= 15 is 0 Å². The van der Waals surface area contributed by atoms with Gasteiger partial charge in [0, 0.05) is 10.7 Å². The van der Waals surface area contributed by atoms with Gasteiger partial charge >= 0.3 is 5.97 Å². The predicted molar refractivity (Wildman–Crippen MR) is 105 cm³/mol. The summed E-state index contributed by atoms with van der Waals surface area (Å²) in [5.74, 6) is -1.64. The van der Waals surface area contributed by atoms with Gasteiger partial charge in [-0.15, -0.1) is 0 Å². The van der Waals surface area contributed by atoms with Crippen LogP contribution in [0, 0.1) is 0 Å². The molecule has 10 heteroatoms. The van der Waals surface area contributed by atoms with Crippen LogP contribution in [0.5, 0.6) is 5.75 Å². The highest BCUT2D eigenvalue weighted by atomic mass is 35.5. The number of hydrogen-bond donors (Lipinski definition) is 3. The number of halogens is 3. The molecule has 0 bridgehead atoms. The number of thiocarbonyl (C=S) groups is 1. The van der Waals surface area contributed by atoms with Crippen LogP contribution in [-0.4, -0.2) is 29.2 Å². The molecule has 2 rings (SSSR count). The SMILES string of the molecule is COc1c(Cl)cc(Cl)cc1C(=O)NC(=S)Nc1ccc(Cl)c(C(=O)O)c1. The van der Waals surface area contributed by atoms with E-state index in [-0.39, 0.29) is 37.1 Å². The lowest BCUT2D eigenvalue weighted by Crippen LogP contribution is -2.34. The molecule has 0 aliphatic carbocycles. The van der Waals surface area contributed by atoms with Crippen LogP contribution in [0.4, 0.5) is 5.69 Å². The summed E-state index contributed by atoms with van der Waals surface area (Å²) in [5, 5.41) is 14.7. The first kappa shape index (κ1) is 20.3. The molecule has 0 atom stereocenters. The number of carbonyl (C=O) groups is 2. The molecule has 0 aromatic heterocycles. The number of rotatable bonds is 4. The summed E-state index contributed by atoms with van der Waals surface area (Å²) >= 11 is 22.8. The van der Waals surface area contributed by atoms with E-state index in [4.69, 9.17) is 56.9 Å². The number of amides is 1. The molecule has 0 spiro atoms. The Balaban J connectivity index is 2.17. The lowest BCUT2D eigenvalue weighted by Gasteiger charge is -2.13. The second-order valence-electron chi connectivity index (χ2n) is 4.88. The Bertz CT molecular complexity index is 905. The van der Waals surface area contributed by atoms with E-state index in [0.717, 1.165) is 0 Å². The fourth-order valence-electron chi connectivity index (χ4n) is 2.04. The number of nitrogens with one attached hydrogen (secondary N) is 2. The standard InChI is InChI=1S/C16H11Cl3N2O4S/c1-25-13-10(4-7(17)5-12(13)19)14(22)21-16(26)20-8-2-3-11(18)9(6-8)15(23)24/h2-6H,1H3,(H,23,24)(H2,20,21,22,26). The monoisotopic (exact) mass is 432 g/mol. The van der Waals surface area contributed by atoms with Crippen LogP contribution in [0.1, 0.15) is 20.7 Å². The molecular formula is C16H11Cl3N2O4S. The van der Waals surface area contributed by atoms with Crippen LogP contribution in [0.2, 0.25) is 15.1 Å². The van der Waals surface area contributed by atoms with Crippen molar-refractivity contribution in [1.82, 2.24) is 5.32 Å². The molecule has 0 saturated carbocycles. The Labute approximate surface area is 169 Å². The number of aromatic carboxylic acids is 1. The Kier molecular flexibility index (Phi) is 6.66. The third kappa shape index (κ3) is 4.76. The van der Waals surface area contributed by atoms with Crippen molar-refractivity contribution < 1.29 is 19.4 Å². The topological polar surface area (TPSA) is 87.7 Å². The van der Waals surface area contributed by atoms with Crippen molar-refractivity contribution in [1.29, 1.82) is 0 Å². The minimum absolute atomic E-state index is 0.0631. The summed E-state index contributed by atoms with van der Waals surface area (Å²) in [5.41, 5.74) is 0.332. The van der Waals surface area contributed by atoms with Crippen molar-refractivity contribution in [3.8, 4) is 5.75 Å². The fraction of sp³-hybridized carbons (Fsp3) is 0.0625. The molecule has 0 radical (unpaired) electrons. The highest BCUT2D eigenvalue weighted by Gasteiger charge is 2.18. The molecule has 2 aromatic carbocycles. The Morgan fingerprint density at radius 1 is 1.08 bits per heavy atom. The molecule has 3 N–H and O–H groups in total. The Morgan fingerprint density at radius 2 is 1.77 bits per heavy atom. The first-order chi connectivity index (χ1) is 12.2. The molecule has 2 aromatic rings. The lowest BCUT2D eigenvalue weighted by molar-refractivity contribution is 0.0697. The minimum Gasteiger partial charge on any atom is -0.494 e. The van der Waals surface area contributed by atoms with Gasteiger partial charge in [-0.3, -0.25) is 10.1 Å². The molecule has 0 aliphatic heterocycles. The van der Waals surface area contributed by atoms with Crippen molar-refractivity contribution in [2.45, 2.75) is 0 Å². The van der Waals surface area contributed by atoms with Crippen LogP contribution < -0.4 is 15.4 Å². The molecular weight excluding hydrogens is 423 g/mol. The number of anilines is 1. The fourth-order valence-corrected chi connectivity index (χ4v) is 3.02. The first-order valence-electron chi connectivity index (χ1n) is 6.91. The highest BCUT2D eigenvalue weighted by Crippen LogP contribution is 2.32. The van der Waals surface area contributed by atoms with Crippen LogP contribution in [0.3, 0.4) is 0 Å². The van der Waals surface area contributed by atoms with Gasteiger partial charge in [-0.1, -0.05) is 34.8 Å². The van der Waals surface area contributed by atoms with Gasteiger partial charge in [0.1, 0.15) is 5.75 Å². The zero-order chi connectivity index (χ0) is 19.4.